The Morgan fingerprint density at radius 1 is 1.17 bits per heavy atom. The highest BCUT2D eigenvalue weighted by Gasteiger charge is 1.67. The summed E-state index contributed by atoms with van der Waals surface area (Å²) in [6, 6.07) is 0. The second-order valence-corrected chi connectivity index (χ2v) is 0.732. The third kappa shape index (κ3) is 1.40. The van der Waals surface area contributed by atoms with E-state index < -0.39 is 0 Å². The van der Waals surface area contributed by atoms with Gasteiger partial charge in [-0.15, -0.1) is 0 Å². The maximum absolute atomic E-state index is 3.33. The van der Waals surface area contributed by atoms with E-state index in [0.29, 0.717) is 5.82 Å². The molecule has 0 aromatic rings. The van der Waals surface area contributed by atoms with Crippen LogP contribution in [0.3, 0.4) is 0 Å². The van der Waals surface area contributed by atoms with Crippen LogP contribution in [-0.2, 0) is 0 Å². The van der Waals surface area contributed by atoms with Gasteiger partial charge >= 0.3 is 0 Å². The van der Waals surface area contributed by atoms with Crippen LogP contribution < -0.4 is 0 Å². The number of aliphatic imine (C=N–C) groups is 2. The zero-order valence-electron chi connectivity index (χ0n) is 3.52. The summed E-state index contributed by atoms with van der Waals surface area (Å²) in [7, 11) is 0. The first-order chi connectivity index (χ1) is 2.81. The molecule has 0 atom stereocenters. The van der Waals surface area contributed by atoms with Crippen LogP contribution in [0.2, 0.25) is 0 Å². The lowest BCUT2D eigenvalue weighted by molar-refractivity contribution is 1.29. The van der Waals surface area contributed by atoms with Crippen LogP contribution in [0.25, 0.3) is 0 Å². The zero-order valence-corrected chi connectivity index (χ0v) is 3.52. The molecule has 2 heteroatoms. The van der Waals surface area contributed by atoms with E-state index in [0.717, 1.165) is 0 Å². The van der Waals surface area contributed by atoms with Gasteiger partial charge in [0.1, 0.15) is 5.82 Å². The highest BCUT2D eigenvalue weighted by Crippen LogP contribution is 1.85. The van der Waals surface area contributed by atoms with Crippen LogP contribution in [-0.4, -0.2) is 13.4 Å². The predicted octanol–water partition coefficient (Wildman–Crippen LogP) is 0.859. The quantitative estimate of drug-likeness (QED) is 0.441. The minimum absolute atomic E-state index is 0.370. The molecule has 0 saturated heterocycles. The minimum Gasteiger partial charge on any atom is -0.246 e. The average molecular weight is 82.1 g/mol. The first-order valence-electron chi connectivity index (χ1n) is 1.43. The van der Waals surface area contributed by atoms with Crippen LogP contribution in [0.15, 0.2) is 22.4 Å². The van der Waals surface area contributed by atoms with E-state index in [9.17, 15) is 0 Å². The lowest BCUT2D eigenvalue weighted by Gasteiger charge is -1.77. The smallest absolute Gasteiger partial charge is 0.143 e. The molecule has 0 spiro atoms. The van der Waals surface area contributed by atoms with Crippen molar-refractivity contribution in [2.24, 2.45) is 9.98 Å². The fourth-order valence-electron chi connectivity index (χ4n) is 0.0500. The Hall–Kier alpha value is -0.920. The molecule has 0 aromatic carbocycles. The summed E-state index contributed by atoms with van der Waals surface area (Å²) in [6.07, 6.45) is 0. The van der Waals surface area contributed by atoms with Gasteiger partial charge in [-0.3, -0.25) is 0 Å². The van der Waals surface area contributed by atoms with Crippen molar-refractivity contribution in [1.82, 2.24) is 0 Å². The molecule has 0 aliphatic carbocycles. The van der Waals surface area contributed by atoms with Crippen LogP contribution in [0.1, 0.15) is 0 Å². The van der Waals surface area contributed by atoms with Crippen molar-refractivity contribution < 1.29 is 0 Å². The maximum atomic E-state index is 3.33. The molecule has 0 saturated carbocycles. The molecule has 0 fully saturated rings. The molecule has 0 amide bonds. The van der Waals surface area contributed by atoms with Gasteiger partial charge in [0.2, 0.25) is 0 Å². The number of rotatable bonds is 2. The summed E-state index contributed by atoms with van der Waals surface area (Å²) in [6.45, 7) is 9.63. The molecule has 0 rings (SSSR count). The Bertz CT molecular complexity index is 73.5. The molecule has 2 nitrogen and oxygen atoms in total. The summed E-state index contributed by atoms with van der Waals surface area (Å²) >= 11 is 0. The fraction of sp³-hybridized carbons (Fsp3) is 0. The van der Waals surface area contributed by atoms with E-state index in [4.69, 9.17) is 0 Å². The largest absolute Gasteiger partial charge is 0.246 e. The van der Waals surface area contributed by atoms with Crippen molar-refractivity contribution >= 4 is 13.4 Å². The summed E-state index contributed by atoms with van der Waals surface area (Å²) < 4.78 is 0. The van der Waals surface area contributed by atoms with Crippen LogP contribution >= 0.6 is 0 Å². The molecule has 0 unspecified atom stereocenters. The molecule has 0 aliphatic rings. The molecule has 0 aliphatic heterocycles. The standard InChI is InChI=1S/C4H6N2/c1-4(5-2)6-3/h1-3H2. The Labute approximate surface area is 36.9 Å². The van der Waals surface area contributed by atoms with Gasteiger partial charge < -0.3 is 0 Å². The Kier molecular flexibility index (Phi) is 1.97. The molecule has 0 aromatic heterocycles. The van der Waals surface area contributed by atoms with Crippen LogP contribution in [0, 0.1) is 0 Å². The second-order valence-electron chi connectivity index (χ2n) is 0.732. The Balaban J connectivity index is 3.52. The van der Waals surface area contributed by atoms with Crippen LogP contribution in [0.4, 0.5) is 0 Å². The van der Waals surface area contributed by atoms with E-state index >= 15 is 0 Å². The third-order valence-corrected chi connectivity index (χ3v) is 0.365. The van der Waals surface area contributed by atoms with Gasteiger partial charge in [0, 0.05) is 0 Å². The highest BCUT2D eigenvalue weighted by atomic mass is 14.9. The lowest BCUT2D eigenvalue weighted by Crippen LogP contribution is -1.58. The topological polar surface area (TPSA) is 24.7 Å². The number of nitrogens with zero attached hydrogens (tertiary/aromatic N) is 2. The summed E-state index contributed by atoms with van der Waals surface area (Å²) in [5, 5.41) is 0. The third-order valence-electron chi connectivity index (χ3n) is 0.365. The average Bonchev–Trinajstić information content (AvgIpc) is 1.65. The summed E-state index contributed by atoms with van der Waals surface area (Å²) in [5.41, 5.74) is 0. The van der Waals surface area contributed by atoms with Gasteiger partial charge in [-0.25, -0.2) is 9.98 Å². The van der Waals surface area contributed by atoms with Gasteiger partial charge in [-0.05, 0) is 13.4 Å². The van der Waals surface area contributed by atoms with E-state index in [2.05, 4.69) is 30.0 Å². The normalized spacial score (nSPS) is 6.67. The van der Waals surface area contributed by atoms with Crippen molar-refractivity contribution in [2.45, 2.75) is 0 Å². The molecule has 0 N–H and O–H groups in total. The molecule has 6 heavy (non-hydrogen) atoms. The lowest BCUT2D eigenvalue weighted by atomic mass is 10.8. The molecular weight excluding hydrogens is 76.1 g/mol. The predicted molar refractivity (Wildman–Crippen MR) is 28.2 cm³/mol. The Morgan fingerprint density at radius 3 is 1.50 bits per heavy atom. The van der Waals surface area contributed by atoms with Gasteiger partial charge in [0.15, 0.2) is 0 Å². The molecule has 32 valence electrons. The van der Waals surface area contributed by atoms with Crippen molar-refractivity contribution in [3.63, 3.8) is 0 Å². The van der Waals surface area contributed by atoms with E-state index in [-0.39, 0.29) is 0 Å². The first kappa shape index (κ1) is 5.08. The first-order valence-corrected chi connectivity index (χ1v) is 1.43. The molecule has 0 bridgehead atoms. The van der Waals surface area contributed by atoms with Crippen LogP contribution in [0.5, 0.6) is 0 Å². The molecule has 0 radical (unpaired) electrons. The van der Waals surface area contributed by atoms with Gasteiger partial charge in [-0.1, -0.05) is 6.58 Å². The van der Waals surface area contributed by atoms with Crippen molar-refractivity contribution in [3.05, 3.63) is 12.4 Å². The Morgan fingerprint density at radius 2 is 1.50 bits per heavy atom. The van der Waals surface area contributed by atoms with Crippen molar-refractivity contribution in [3.8, 4) is 0 Å². The van der Waals surface area contributed by atoms with Gasteiger partial charge in [0.05, 0.1) is 0 Å². The summed E-state index contributed by atoms with van der Waals surface area (Å²) in [4.78, 5) is 6.67. The minimum atomic E-state index is 0.370. The zero-order chi connectivity index (χ0) is 4.99. The highest BCUT2D eigenvalue weighted by molar-refractivity contribution is 5.32. The fourth-order valence-corrected chi connectivity index (χ4v) is 0.0500. The monoisotopic (exact) mass is 82.1 g/mol. The number of hydrogen-bond donors (Lipinski definition) is 0. The van der Waals surface area contributed by atoms with E-state index in [1.165, 1.54) is 0 Å². The maximum Gasteiger partial charge on any atom is 0.143 e. The van der Waals surface area contributed by atoms with Crippen molar-refractivity contribution in [2.75, 3.05) is 0 Å². The SMILES string of the molecule is C=NC(=C)N=C. The van der Waals surface area contributed by atoms with E-state index in [1.807, 2.05) is 0 Å². The second kappa shape index (κ2) is 2.33. The van der Waals surface area contributed by atoms with Gasteiger partial charge in [-0.2, -0.15) is 0 Å². The van der Waals surface area contributed by atoms with Gasteiger partial charge in [0.25, 0.3) is 0 Å². The molecular formula is C4H6N2. The van der Waals surface area contributed by atoms with E-state index in [1.54, 1.807) is 0 Å². The number of hydrogen-bond acceptors (Lipinski definition) is 2. The van der Waals surface area contributed by atoms with Crippen molar-refractivity contribution in [1.29, 1.82) is 0 Å². The summed E-state index contributed by atoms with van der Waals surface area (Å²) in [5.74, 6) is 0.370. The molecule has 0 heterocycles.